The molecule has 1 rings (SSSR count). The Morgan fingerprint density at radius 3 is 2.45 bits per heavy atom. The van der Waals surface area contributed by atoms with Crippen molar-refractivity contribution in [2.75, 3.05) is 19.7 Å². The summed E-state index contributed by atoms with van der Waals surface area (Å²) in [7, 11) is 0. The van der Waals surface area contributed by atoms with Crippen LogP contribution in [0.3, 0.4) is 0 Å². The second-order valence-electron chi connectivity index (χ2n) is 4.84. The van der Waals surface area contributed by atoms with Gasteiger partial charge in [0.15, 0.2) is 0 Å². The summed E-state index contributed by atoms with van der Waals surface area (Å²) in [5.41, 5.74) is 0.283. The highest BCUT2D eigenvalue weighted by molar-refractivity contribution is 5.87. The van der Waals surface area contributed by atoms with Crippen LogP contribution in [0.2, 0.25) is 0 Å². The van der Waals surface area contributed by atoms with Crippen molar-refractivity contribution < 1.29 is 14.6 Å². The second kappa shape index (κ2) is 10.3. The van der Waals surface area contributed by atoms with Crippen LogP contribution in [0.5, 0.6) is 5.75 Å². The van der Waals surface area contributed by atoms with E-state index in [1.54, 1.807) is 24.3 Å². The molecule has 0 radical (unpaired) electrons. The molecule has 20 heavy (non-hydrogen) atoms. The lowest BCUT2D eigenvalue weighted by Crippen LogP contribution is -2.18. The Bertz CT molecular complexity index is 376. The van der Waals surface area contributed by atoms with Crippen molar-refractivity contribution in [2.45, 2.75) is 39.0 Å². The van der Waals surface area contributed by atoms with Gasteiger partial charge < -0.3 is 15.2 Å². The highest BCUT2D eigenvalue weighted by Crippen LogP contribution is 2.12. The maximum atomic E-state index is 10.7. The molecular formula is C16H25NO3. The standard InChI is InChI=1S/C16H25NO3/c1-2-3-4-5-11-17-12-6-13-20-15-9-7-14(8-10-15)16(18)19/h7-10,17H,2-6,11-13H2,1H3,(H,18,19). The van der Waals surface area contributed by atoms with Crippen molar-refractivity contribution in [3.63, 3.8) is 0 Å². The average molecular weight is 279 g/mol. The van der Waals surface area contributed by atoms with E-state index >= 15 is 0 Å². The fraction of sp³-hybridized carbons (Fsp3) is 0.562. The lowest BCUT2D eigenvalue weighted by atomic mass is 10.2. The maximum absolute atomic E-state index is 10.7. The number of carbonyl (C=O) groups is 1. The van der Waals surface area contributed by atoms with Crippen LogP contribution in [-0.2, 0) is 0 Å². The van der Waals surface area contributed by atoms with Crippen molar-refractivity contribution >= 4 is 5.97 Å². The molecule has 0 heterocycles. The number of carboxylic acids is 1. The van der Waals surface area contributed by atoms with Crippen molar-refractivity contribution in [2.24, 2.45) is 0 Å². The molecule has 0 amide bonds. The molecule has 1 aromatic rings. The van der Waals surface area contributed by atoms with Crippen LogP contribution in [0.4, 0.5) is 0 Å². The predicted molar refractivity (Wildman–Crippen MR) is 80.5 cm³/mol. The number of carboxylic acid groups (broad SMARTS) is 1. The predicted octanol–water partition coefficient (Wildman–Crippen LogP) is 3.32. The second-order valence-corrected chi connectivity index (χ2v) is 4.84. The molecule has 0 aromatic heterocycles. The van der Waals surface area contributed by atoms with Crippen LogP contribution in [0.25, 0.3) is 0 Å². The molecule has 4 heteroatoms. The molecule has 0 aliphatic rings. The van der Waals surface area contributed by atoms with Crippen LogP contribution in [0.15, 0.2) is 24.3 Å². The SMILES string of the molecule is CCCCCCNCCCOc1ccc(C(=O)O)cc1. The van der Waals surface area contributed by atoms with Gasteiger partial charge in [0.2, 0.25) is 0 Å². The Hall–Kier alpha value is -1.55. The number of hydrogen-bond donors (Lipinski definition) is 2. The van der Waals surface area contributed by atoms with E-state index in [1.165, 1.54) is 25.7 Å². The molecule has 0 saturated heterocycles. The van der Waals surface area contributed by atoms with Gasteiger partial charge in [-0.3, -0.25) is 0 Å². The molecule has 112 valence electrons. The number of unbranched alkanes of at least 4 members (excludes halogenated alkanes) is 3. The zero-order valence-corrected chi connectivity index (χ0v) is 12.2. The van der Waals surface area contributed by atoms with E-state index in [0.29, 0.717) is 6.61 Å². The zero-order valence-electron chi connectivity index (χ0n) is 12.2. The first kappa shape index (κ1) is 16.5. The van der Waals surface area contributed by atoms with Crippen molar-refractivity contribution in [3.05, 3.63) is 29.8 Å². The highest BCUT2D eigenvalue weighted by Gasteiger charge is 2.01. The maximum Gasteiger partial charge on any atom is 0.335 e. The Morgan fingerprint density at radius 1 is 1.10 bits per heavy atom. The minimum absolute atomic E-state index is 0.283. The molecule has 4 nitrogen and oxygen atoms in total. The van der Waals surface area contributed by atoms with Gasteiger partial charge in [-0.1, -0.05) is 26.2 Å². The molecule has 0 aliphatic heterocycles. The number of benzene rings is 1. The molecule has 0 bridgehead atoms. The number of aromatic carboxylic acids is 1. The minimum Gasteiger partial charge on any atom is -0.494 e. The third-order valence-electron chi connectivity index (χ3n) is 3.07. The summed E-state index contributed by atoms with van der Waals surface area (Å²) in [5.74, 6) is -0.193. The monoisotopic (exact) mass is 279 g/mol. The zero-order chi connectivity index (χ0) is 14.6. The van der Waals surface area contributed by atoms with Gasteiger partial charge >= 0.3 is 5.97 Å². The Labute approximate surface area is 121 Å². The summed E-state index contributed by atoms with van der Waals surface area (Å²) in [4.78, 5) is 10.7. The molecule has 0 aliphatic carbocycles. The van der Waals surface area contributed by atoms with Crippen molar-refractivity contribution in [1.29, 1.82) is 0 Å². The van der Waals surface area contributed by atoms with Gasteiger partial charge in [-0.05, 0) is 50.2 Å². The van der Waals surface area contributed by atoms with E-state index in [2.05, 4.69) is 12.2 Å². The van der Waals surface area contributed by atoms with Crippen LogP contribution in [0, 0.1) is 0 Å². The number of nitrogens with one attached hydrogen (secondary N) is 1. The molecule has 1 aromatic carbocycles. The van der Waals surface area contributed by atoms with Crippen LogP contribution >= 0.6 is 0 Å². The summed E-state index contributed by atoms with van der Waals surface area (Å²) in [5, 5.41) is 12.2. The highest BCUT2D eigenvalue weighted by atomic mass is 16.5. The Kier molecular flexibility index (Phi) is 8.47. The molecule has 0 unspecified atom stereocenters. The summed E-state index contributed by atoms with van der Waals surface area (Å²) in [6.07, 6.45) is 6.08. The van der Waals surface area contributed by atoms with Crippen molar-refractivity contribution in [1.82, 2.24) is 5.32 Å². The summed E-state index contributed by atoms with van der Waals surface area (Å²) in [6.45, 7) is 4.90. The first-order valence-corrected chi connectivity index (χ1v) is 7.41. The summed E-state index contributed by atoms with van der Waals surface area (Å²) in [6, 6.07) is 6.51. The van der Waals surface area contributed by atoms with Crippen LogP contribution in [-0.4, -0.2) is 30.8 Å². The largest absolute Gasteiger partial charge is 0.494 e. The van der Waals surface area contributed by atoms with Gasteiger partial charge in [0.05, 0.1) is 12.2 Å². The van der Waals surface area contributed by atoms with Crippen LogP contribution in [0.1, 0.15) is 49.4 Å². The van der Waals surface area contributed by atoms with Gasteiger partial charge in [0.25, 0.3) is 0 Å². The van der Waals surface area contributed by atoms with E-state index in [0.717, 1.165) is 25.3 Å². The van der Waals surface area contributed by atoms with E-state index < -0.39 is 5.97 Å². The van der Waals surface area contributed by atoms with E-state index in [1.807, 2.05) is 0 Å². The lowest BCUT2D eigenvalue weighted by molar-refractivity contribution is 0.0697. The van der Waals surface area contributed by atoms with Crippen LogP contribution < -0.4 is 10.1 Å². The number of rotatable bonds is 11. The fourth-order valence-corrected chi connectivity index (χ4v) is 1.88. The Morgan fingerprint density at radius 2 is 1.80 bits per heavy atom. The molecule has 0 fully saturated rings. The van der Waals surface area contributed by atoms with E-state index in [9.17, 15) is 4.79 Å². The summed E-state index contributed by atoms with van der Waals surface area (Å²) < 4.78 is 5.55. The quantitative estimate of drug-likeness (QED) is 0.610. The third kappa shape index (κ3) is 7.14. The number of ether oxygens (including phenoxy) is 1. The van der Waals surface area contributed by atoms with Gasteiger partial charge in [-0.15, -0.1) is 0 Å². The topological polar surface area (TPSA) is 58.6 Å². The molecule has 0 atom stereocenters. The van der Waals surface area contributed by atoms with Gasteiger partial charge in [-0.25, -0.2) is 4.79 Å². The van der Waals surface area contributed by atoms with Gasteiger partial charge in [0.1, 0.15) is 5.75 Å². The molecular weight excluding hydrogens is 254 g/mol. The third-order valence-corrected chi connectivity index (χ3v) is 3.07. The fourth-order valence-electron chi connectivity index (χ4n) is 1.88. The van der Waals surface area contributed by atoms with E-state index in [-0.39, 0.29) is 5.56 Å². The van der Waals surface area contributed by atoms with Crippen molar-refractivity contribution in [3.8, 4) is 5.75 Å². The first-order valence-electron chi connectivity index (χ1n) is 7.41. The smallest absolute Gasteiger partial charge is 0.335 e. The van der Waals surface area contributed by atoms with Gasteiger partial charge in [0, 0.05) is 0 Å². The first-order chi connectivity index (χ1) is 9.74. The van der Waals surface area contributed by atoms with Gasteiger partial charge in [-0.2, -0.15) is 0 Å². The molecule has 2 N–H and O–H groups in total. The Balaban J connectivity index is 2.02. The molecule has 0 saturated carbocycles. The number of hydrogen-bond acceptors (Lipinski definition) is 3. The molecule has 0 spiro atoms. The van der Waals surface area contributed by atoms with E-state index in [4.69, 9.17) is 9.84 Å². The summed E-state index contributed by atoms with van der Waals surface area (Å²) >= 11 is 0. The lowest BCUT2D eigenvalue weighted by Gasteiger charge is -2.07. The normalized spacial score (nSPS) is 10.4. The average Bonchev–Trinajstić information content (AvgIpc) is 2.46. The minimum atomic E-state index is -0.913.